The molecule has 0 aliphatic rings. The van der Waals surface area contributed by atoms with Crippen molar-refractivity contribution in [3.63, 3.8) is 0 Å². The first-order valence-electron chi connectivity index (χ1n) is 12.5. The maximum atomic E-state index is 12.4. The second-order valence-corrected chi connectivity index (χ2v) is 8.42. The SMILES string of the molecule is CCCCCCCC(CCCC)OC(=O)OC(CCCC)CCCCCCC. The molecule has 0 spiro atoms. The van der Waals surface area contributed by atoms with Crippen molar-refractivity contribution < 1.29 is 14.3 Å². The van der Waals surface area contributed by atoms with Crippen molar-refractivity contribution in [2.75, 3.05) is 0 Å². The molecular formula is C25H50O3. The Kier molecular flexibility index (Phi) is 20.4. The summed E-state index contributed by atoms with van der Waals surface area (Å²) in [6.07, 6.45) is 20.6. The normalized spacial score (nSPS) is 13.3. The quantitative estimate of drug-likeness (QED) is 0.152. The van der Waals surface area contributed by atoms with E-state index in [4.69, 9.17) is 9.47 Å². The predicted molar refractivity (Wildman–Crippen MR) is 121 cm³/mol. The molecule has 0 aromatic rings. The first kappa shape index (κ1) is 27.3. The zero-order valence-electron chi connectivity index (χ0n) is 19.6. The van der Waals surface area contributed by atoms with Crippen LogP contribution in [0.5, 0.6) is 0 Å². The van der Waals surface area contributed by atoms with E-state index >= 15 is 0 Å². The molecule has 0 saturated heterocycles. The van der Waals surface area contributed by atoms with Crippen molar-refractivity contribution in [1.29, 1.82) is 0 Å². The molecule has 0 aromatic carbocycles. The summed E-state index contributed by atoms with van der Waals surface area (Å²) in [6.45, 7) is 8.86. The van der Waals surface area contributed by atoms with E-state index in [1.807, 2.05) is 0 Å². The Labute approximate surface area is 176 Å². The fourth-order valence-electron chi connectivity index (χ4n) is 3.64. The van der Waals surface area contributed by atoms with Crippen molar-refractivity contribution in [3.05, 3.63) is 0 Å². The van der Waals surface area contributed by atoms with Crippen LogP contribution in [0.4, 0.5) is 4.79 Å². The smallest absolute Gasteiger partial charge is 0.431 e. The van der Waals surface area contributed by atoms with Gasteiger partial charge in [-0.15, -0.1) is 0 Å². The van der Waals surface area contributed by atoms with Crippen LogP contribution in [0.1, 0.15) is 143 Å². The largest absolute Gasteiger partial charge is 0.508 e. The fourth-order valence-corrected chi connectivity index (χ4v) is 3.64. The van der Waals surface area contributed by atoms with Crippen molar-refractivity contribution in [2.45, 2.75) is 155 Å². The zero-order chi connectivity index (χ0) is 20.9. The lowest BCUT2D eigenvalue weighted by atomic mass is 10.0. The monoisotopic (exact) mass is 398 g/mol. The van der Waals surface area contributed by atoms with Crippen LogP contribution < -0.4 is 0 Å². The van der Waals surface area contributed by atoms with Crippen LogP contribution in [-0.4, -0.2) is 18.4 Å². The van der Waals surface area contributed by atoms with Crippen LogP contribution in [0.15, 0.2) is 0 Å². The molecule has 0 aromatic heterocycles. The molecule has 0 fully saturated rings. The lowest BCUT2D eigenvalue weighted by Gasteiger charge is -2.21. The van der Waals surface area contributed by atoms with Crippen molar-refractivity contribution >= 4 is 6.16 Å². The summed E-state index contributed by atoms with van der Waals surface area (Å²) in [6, 6.07) is 0. The molecule has 0 N–H and O–H groups in total. The Morgan fingerprint density at radius 3 is 1.18 bits per heavy atom. The molecule has 3 nitrogen and oxygen atoms in total. The Morgan fingerprint density at radius 1 is 0.500 bits per heavy atom. The molecule has 168 valence electrons. The summed E-state index contributed by atoms with van der Waals surface area (Å²) < 4.78 is 11.5. The van der Waals surface area contributed by atoms with E-state index in [0.29, 0.717) is 0 Å². The van der Waals surface area contributed by atoms with Crippen LogP contribution in [0.3, 0.4) is 0 Å². The van der Waals surface area contributed by atoms with Gasteiger partial charge in [0.05, 0.1) is 0 Å². The van der Waals surface area contributed by atoms with Gasteiger partial charge in [0, 0.05) is 0 Å². The summed E-state index contributed by atoms with van der Waals surface area (Å²) in [5, 5.41) is 0. The Morgan fingerprint density at radius 2 is 0.821 bits per heavy atom. The van der Waals surface area contributed by atoms with E-state index in [0.717, 1.165) is 64.2 Å². The van der Waals surface area contributed by atoms with Gasteiger partial charge in [-0.25, -0.2) is 4.79 Å². The number of carbonyl (C=O) groups excluding carboxylic acids is 1. The maximum Gasteiger partial charge on any atom is 0.508 e. The summed E-state index contributed by atoms with van der Waals surface area (Å²) in [5.74, 6) is 0. The Balaban J connectivity index is 4.33. The summed E-state index contributed by atoms with van der Waals surface area (Å²) >= 11 is 0. The highest BCUT2D eigenvalue weighted by Crippen LogP contribution is 2.19. The topological polar surface area (TPSA) is 35.5 Å². The molecule has 2 unspecified atom stereocenters. The van der Waals surface area contributed by atoms with Crippen molar-refractivity contribution in [3.8, 4) is 0 Å². The molecule has 0 rings (SSSR count). The summed E-state index contributed by atoms with van der Waals surface area (Å²) in [7, 11) is 0. The molecular weight excluding hydrogens is 348 g/mol. The average Bonchev–Trinajstić information content (AvgIpc) is 2.69. The van der Waals surface area contributed by atoms with E-state index in [2.05, 4.69) is 27.7 Å². The first-order valence-corrected chi connectivity index (χ1v) is 12.5. The van der Waals surface area contributed by atoms with Gasteiger partial charge in [-0.3, -0.25) is 0 Å². The average molecular weight is 399 g/mol. The molecule has 0 aliphatic heterocycles. The fraction of sp³-hybridized carbons (Fsp3) is 0.960. The third-order valence-corrected chi connectivity index (χ3v) is 5.54. The van der Waals surface area contributed by atoms with E-state index in [1.54, 1.807) is 0 Å². The predicted octanol–water partition coefficient (Wildman–Crippen LogP) is 8.98. The standard InChI is InChI=1S/C25H50O3/c1-5-9-13-15-17-21-23(19-11-7-3)27-25(26)28-24(20-12-8-4)22-18-16-14-10-6-2/h23-24H,5-22H2,1-4H3. The van der Waals surface area contributed by atoms with Crippen LogP contribution in [0.2, 0.25) is 0 Å². The minimum atomic E-state index is -0.427. The second-order valence-electron chi connectivity index (χ2n) is 8.42. The summed E-state index contributed by atoms with van der Waals surface area (Å²) in [4.78, 5) is 12.4. The highest BCUT2D eigenvalue weighted by Gasteiger charge is 2.19. The summed E-state index contributed by atoms with van der Waals surface area (Å²) in [5.41, 5.74) is 0. The van der Waals surface area contributed by atoms with Gasteiger partial charge in [0.1, 0.15) is 12.2 Å². The van der Waals surface area contributed by atoms with Gasteiger partial charge in [-0.2, -0.15) is 0 Å². The molecule has 2 atom stereocenters. The van der Waals surface area contributed by atoms with Crippen LogP contribution in [0, 0.1) is 0 Å². The van der Waals surface area contributed by atoms with E-state index in [9.17, 15) is 4.79 Å². The van der Waals surface area contributed by atoms with Gasteiger partial charge < -0.3 is 9.47 Å². The number of hydrogen-bond donors (Lipinski definition) is 0. The first-order chi connectivity index (χ1) is 13.7. The lowest BCUT2D eigenvalue weighted by molar-refractivity contribution is -0.0119. The molecule has 0 aliphatic carbocycles. The molecule has 3 heteroatoms. The highest BCUT2D eigenvalue weighted by molar-refractivity contribution is 5.60. The van der Waals surface area contributed by atoms with Crippen LogP contribution >= 0.6 is 0 Å². The minimum absolute atomic E-state index is 0.0328. The van der Waals surface area contributed by atoms with Gasteiger partial charge in [-0.05, 0) is 38.5 Å². The zero-order valence-corrected chi connectivity index (χ0v) is 19.6. The number of hydrogen-bond acceptors (Lipinski definition) is 3. The molecule has 0 saturated carbocycles. The number of rotatable bonds is 20. The van der Waals surface area contributed by atoms with E-state index in [1.165, 1.54) is 51.4 Å². The van der Waals surface area contributed by atoms with Gasteiger partial charge in [0.2, 0.25) is 0 Å². The maximum absolute atomic E-state index is 12.4. The molecule has 0 heterocycles. The molecule has 0 radical (unpaired) electrons. The van der Waals surface area contributed by atoms with E-state index in [-0.39, 0.29) is 12.2 Å². The number of ether oxygens (including phenoxy) is 2. The van der Waals surface area contributed by atoms with Gasteiger partial charge in [0.25, 0.3) is 0 Å². The van der Waals surface area contributed by atoms with Gasteiger partial charge in [0.15, 0.2) is 0 Å². The van der Waals surface area contributed by atoms with Crippen LogP contribution in [0.25, 0.3) is 0 Å². The third kappa shape index (κ3) is 17.4. The highest BCUT2D eigenvalue weighted by atomic mass is 16.7. The third-order valence-electron chi connectivity index (χ3n) is 5.54. The Bertz CT molecular complexity index is 300. The molecule has 28 heavy (non-hydrogen) atoms. The van der Waals surface area contributed by atoms with Crippen molar-refractivity contribution in [1.82, 2.24) is 0 Å². The second kappa shape index (κ2) is 21.0. The van der Waals surface area contributed by atoms with Gasteiger partial charge >= 0.3 is 6.16 Å². The van der Waals surface area contributed by atoms with Crippen molar-refractivity contribution in [2.24, 2.45) is 0 Å². The Hall–Kier alpha value is -0.730. The van der Waals surface area contributed by atoms with Gasteiger partial charge in [-0.1, -0.05) is 105 Å². The number of unbranched alkanes of at least 4 members (excludes halogenated alkanes) is 10. The molecule has 0 bridgehead atoms. The minimum Gasteiger partial charge on any atom is -0.431 e. The van der Waals surface area contributed by atoms with E-state index < -0.39 is 6.16 Å². The molecule has 0 amide bonds. The number of carbonyl (C=O) groups is 1. The van der Waals surface area contributed by atoms with Crippen LogP contribution in [-0.2, 0) is 9.47 Å². The lowest BCUT2D eigenvalue weighted by Crippen LogP contribution is -2.24.